The van der Waals surface area contributed by atoms with Gasteiger partial charge in [0.05, 0.1) is 6.04 Å². The molecule has 2 aliphatic carbocycles. The van der Waals surface area contributed by atoms with Gasteiger partial charge in [-0.3, -0.25) is 14.5 Å². The lowest BCUT2D eigenvalue weighted by molar-refractivity contribution is -0.129. The molecule has 226 valence electrons. The number of carbonyl (C=O) groups is 2. The molecule has 3 fully saturated rings. The fraction of sp³-hybridized carbons (Fsp3) is 0.594. The van der Waals surface area contributed by atoms with Gasteiger partial charge in [0, 0.05) is 41.0 Å². The van der Waals surface area contributed by atoms with E-state index in [1.165, 1.54) is 6.20 Å². The molecule has 0 bridgehead atoms. The maximum atomic E-state index is 16.1. The van der Waals surface area contributed by atoms with E-state index in [2.05, 4.69) is 34.4 Å². The molecule has 3 atom stereocenters. The summed E-state index contributed by atoms with van der Waals surface area (Å²) in [6.45, 7) is 4.61. The number of aliphatic hydroxyl groups excluding tert-OH is 1. The minimum Gasteiger partial charge on any atom is -0.396 e. The fourth-order valence-corrected chi connectivity index (χ4v) is 8.98. The van der Waals surface area contributed by atoms with E-state index in [-0.39, 0.29) is 46.5 Å². The number of amides is 2. The summed E-state index contributed by atoms with van der Waals surface area (Å²) in [7, 11) is 1.93. The third-order valence-corrected chi connectivity index (χ3v) is 11.5. The van der Waals surface area contributed by atoms with E-state index >= 15 is 4.39 Å². The Kier molecular flexibility index (Phi) is 7.61. The second kappa shape index (κ2) is 10.7. The monoisotopic (exact) mass is 616 g/mol. The Balaban J connectivity index is 1.55. The normalized spacial score (nSPS) is 31.7. The summed E-state index contributed by atoms with van der Waals surface area (Å²) in [5.74, 6) is -1.81. The average molecular weight is 618 g/mol. The highest BCUT2D eigenvalue weighted by atomic mass is 35.5. The molecule has 1 saturated heterocycles. The van der Waals surface area contributed by atoms with Crippen molar-refractivity contribution in [1.82, 2.24) is 15.2 Å². The Labute approximate surface area is 256 Å². The molecule has 6 rings (SSSR count). The van der Waals surface area contributed by atoms with Crippen LogP contribution in [0.5, 0.6) is 0 Å². The van der Waals surface area contributed by atoms with E-state index in [9.17, 15) is 14.7 Å². The zero-order valence-corrected chi connectivity index (χ0v) is 25.9. The Hall–Kier alpha value is -2.26. The van der Waals surface area contributed by atoms with Crippen LogP contribution >= 0.6 is 23.2 Å². The van der Waals surface area contributed by atoms with Crippen LogP contribution in [0.4, 0.5) is 10.1 Å². The van der Waals surface area contributed by atoms with Crippen LogP contribution in [-0.4, -0.2) is 58.1 Å². The number of anilines is 1. The highest BCUT2D eigenvalue weighted by molar-refractivity contribution is 6.31. The fourth-order valence-electron chi connectivity index (χ4n) is 8.64. The predicted molar refractivity (Wildman–Crippen MR) is 161 cm³/mol. The number of carbonyl (C=O) groups excluding carboxylic acids is 2. The van der Waals surface area contributed by atoms with Gasteiger partial charge in [-0.2, -0.15) is 0 Å². The Morgan fingerprint density at radius 1 is 1.14 bits per heavy atom. The number of aliphatic hydroxyl groups is 1. The van der Waals surface area contributed by atoms with E-state index in [0.717, 1.165) is 44.1 Å². The number of likely N-dealkylation sites (N-methyl/N-ethyl adjacent to an activating group) is 1. The SMILES string of the molecule is CN1[C@@H](C(=O)NC2CCC(CO)CC2)[C@H](c2ccnc(Cl)c2F)[C@]2(C(=O)Nc3cc(Cl)ccc32)C12CCC(C)(C)CC2. The third kappa shape index (κ3) is 4.39. The van der Waals surface area contributed by atoms with Crippen molar-refractivity contribution in [1.29, 1.82) is 0 Å². The smallest absolute Gasteiger partial charge is 0.238 e. The summed E-state index contributed by atoms with van der Waals surface area (Å²) >= 11 is 12.7. The van der Waals surface area contributed by atoms with Gasteiger partial charge in [-0.05, 0) is 99.1 Å². The number of fused-ring (bicyclic) bond motifs is 3. The molecule has 3 N–H and O–H groups in total. The van der Waals surface area contributed by atoms with Gasteiger partial charge in [0.15, 0.2) is 11.0 Å². The topological polar surface area (TPSA) is 94.6 Å². The summed E-state index contributed by atoms with van der Waals surface area (Å²) in [5, 5.41) is 16.2. The van der Waals surface area contributed by atoms with Crippen LogP contribution in [0, 0.1) is 17.2 Å². The zero-order chi connectivity index (χ0) is 30.0. The van der Waals surface area contributed by atoms with E-state index in [1.54, 1.807) is 18.2 Å². The first-order chi connectivity index (χ1) is 19.9. The van der Waals surface area contributed by atoms with Gasteiger partial charge in [-0.1, -0.05) is 43.1 Å². The standard InChI is InChI=1S/C32H39Cl2FN4O3/c1-30(2)11-13-31(14-12-30)32(22-9-6-19(33)16-23(22)38-29(32)42)24(21-10-15-36-27(34)25(21)35)26(39(31)3)28(41)37-20-7-4-18(17-40)5-8-20/h6,9-10,15-16,18,20,24,26,40H,4-5,7-8,11-14,17H2,1-3H3,(H,37,41)(H,38,42)/t18?,20?,24-,26+,32+/m0/s1. The molecule has 4 aliphatic rings. The first-order valence-corrected chi connectivity index (χ1v) is 15.8. The first-order valence-electron chi connectivity index (χ1n) is 15.0. The van der Waals surface area contributed by atoms with Gasteiger partial charge in [0.25, 0.3) is 0 Å². The quantitative estimate of drug-likeness (QED) is 0.376. The van der Waals surface area contributed by atoms with Crippen molar-refractivity contribution < 1.29 is 19.1 Å². The van der Waals surface area contributed by atoms with Crippen molar-refractivity contribution in [2.75, 3.05) is 19.0 Å². The van der Waals surface area contributed by atoms with Crippen molar-refractivity contribution in [2.24, 2.45) is 11.3 Å². The Bertz CT molecular complexity index is 1400. The average Bonchev–Trinajstić information content (AvgIpc) is 3.36. The van der Waals surface area contributed by atoms with Crippen LogP contribution in [0.3, 0.4) is 0 Å². The highest BCUT2D eigenvalue weighted by Crippen LogP contribution is 2.67. The van der Waals surface area contributed by atoms with E-state index in [1.807, 2.05) is 13.1 Å². The summed E-state index contributed by atoms with van der Waals surface area (Å²) in [4.78, 5) is 35.2. The molecule has 2 aliphatic heterocycles. The number of nitrogens with one attached hydrogen (secondary N) is 2. The molecule has 7 nitrogen and oxygen atoms in total. The molecule has 42 heavy (non-hydrogen) atoms. The largest absolute Gasteiger partial charge is 0.396 e. The van der Waals surface area contributed by atoms with Crippen molar-refractivity contribution in [3.05, 3.63) is 57.6 Å². The van der Waals surface area contributed by atoms with Gasteiger partial charge in [0.2, 0.25) is 11.8 Å². The summed E-state index contributed by atoms with van der Waals surface area (Å²) in [6.07, 6.45) is 7.66. The van der Waals surface area contributed by atoms with Gasteiger partial charge < -0.3 is 15.7 Å². The maximum absolute atomic E-state index is 16.1. The second-order valence-electron chi connectivity index (χ2n) is 13.6. The lowest BCUT2D eigenvalue weighted by atomic mass is 9.53. The molecule has 0 radical (unpaired) electrons. The van der Waals surface area contributed by atoms with Gasteiger partial charge in [-0.25, -0.2) is 9.37 Å². The number of hydrogen-bond donors (Lipinski definition) is 3. The summed E-state index contributed by atoms with van der Waals surface area (Å²) in [6, 6.07) is 6.05. The van der Waals surface area contributed by atoms with Crippen LogP contribution in [0.25, 0.3) is 0 Å². The number of hydrogen-bond acceptors (Lipinski definition) is 5. The Morgan fingerprint density at radius 3 is 2.50 bits per heavy atom. The van der Waals surface area contributed by atoms with Gasteiger partial charge in [-0.15, -0.1) is 0 Å². The molecular formula is C32H39Cl2FN4O3. The number of rotatable bonds is 4. The van der Waals surface area contributed by atoms with Crippen molar-refractivity contribution in [2.45, 2.75) is 94.2 Å². The van der Waals surface area contributed by atoms with Crippen LogP contribution < -0.4 is 10.6 Å². The minimum absolute atomic E-state index is 0.0542. The first kappa shape index (κ1) is 29.8. The van der Waals surface area contributed by atoms with Crippen molar-refractivity contribution in [3.63, 3.8) is 0 Å². The minimum atomic E-state index is -1.28. The lowest BCUT2D eigenvalue weighted by Gasteiger charge is -2.53. The molecule has 0 unspecified atom stereocenters. The molecule has 2 aromatic rings. The second-order valence-corrected chi connectivity index (χ2v) is 14.4. The molecule has 2 saturated carbocycles. The zero-order valence-electron chi connectivity index (χ0n) is 24.4. The molecule has 2 spiro atoms. The van der Waals surface area contributed by atoms with E-state index in [0.29, 0.717) is 23.6 Å². The molecule has 2 amide bonds. The predicted octanol–water partition coefficient (Wildman–Crippen LogP) is 5.82. The summed E-state index contributed by atoms with van der Waals surface area (Å²) < 4.78 is 16.1. The highest BCUT2D eigenvalue weighted by Gasteiger charge is 2.75. The lowest BCUT2D eigenvalue weighted by Crippen LogP contribution is -2.62. The number of nitrogens with zero attached hydrogens (tertiary/aromatic N) is 2. The van der Waals surface area contributed by atoms with E-state index < -0.39 is 28.7 Å². The maximum Gasteiger partial charge on any atom is 0.238 e. The number of likely N-dealkylation sites (tertiary alicyclic amines) is 1. The van der Waals surface area contributed by atoms with Crippen molar-refractivity contribution in [3.8, 4) is 0 Å². The van der Waals surface area contributed by atoms with Crippen LogP contribution in [-0.2, 0) is 15.0 Å². The number of benzene rings is 1. The van der Waals surface area contributed by atoms with Crippen LogP contribution in [0.1, 0.15) is 82.3 Å². The number of pyridine rings is 1. The van der Waals surface area contributed by atoms with Gasteiger partial charge in [0.1, 0.15) is 5.41 Å². The molecule has 3 heterocycles. The van der Waals surface area contributed by atoms with Crippen LogP contribution in [0.2, 0.25) is 10.2 Å². The Morgan fingerprint density at radius 2 is 1.83 bits per heavy atom. The molecule has 1 aromatic carbocycles. The number of halogens is 3. The van der Waals surface area contributed by atoms with Crippen molar-refractivity contribution >= 4 is 40.7 Å². The third-order valence-electron chi connectivity index (χ3n) is 11.0. The molecule has 1 aromatic heterocycles. The van der Waals surface area contributed by atoms with Crippen LogP contribution in [0.15, 0.2) is 30.5 Å². The molecule has 10 heteroatoms. The molecular weight excluding hydrogens is 578 g/mol. The number of aromatic nitrogens is 1. The summed E-state index contributed by atoms with van der Waals surface area (Å²) in [5.41, 5.74) is -0.434. The van der Waals surface area contributed by atoms with E-state index in [4.69, 9.17) is 23.2 Å². The van der Waals surface area contributed by atoms with Gasteiger partial charge >= 0.3 is 0 Å².